The molecular formula is C51H33N3O2. The summed E-state index contributed by atoms with van der Waals surface area (Å²) in [6, 6.07) is 50.9. The van der Waals surface area contributed by atoms with Crippen LogP contribution in [-0.2, 0) is 0 Å². The molecule has 7 aromatic carbocycles. The van der Waals surface area contributed by atoms with Crippen molar-refractivity contribution in [1.29, 1.82) is 0 Å². The summed E-state index contributed by atoms with van der Waals surface area (Å²) in [5.41, 5.74) is 10.4. The Morgan fingerprint density at radius 3 is 1.84 bits per heavy atom. The zero-order chi connectivity index (χ0) is 36.7. The number of para-hydroxylation sites is 2. The average Bonchev–Trinajstić information content (AvgIpc) is 3.84. The summed E-state index contributed by atoms with van der Waals surface area (Å²) in [5, 5.41) is 7.80. The molecule has 1 atom stereocenters. The van der Waals surface area contributed by atoms with E-state index in [0.717, 1.165) is 91.0 Å². The first-order chi connectivity index (χ1) is 27.7. The number of furan rings is 2. The van der Waals surface area contributed by atoms with E-state index in [9.17, 15) is 0 Å². The van der Waals surface area contributed by atoms with Gasteiger partial charge in [0.2, 0.25) is 0 Å². The number of hydrogen-bond donors (Lipinski definition) is 0. The lowest BCUT2D eigenvalue weighted by atomic mass is 9.75. The zero-order valence-corrected chi connectivity index (χ0v) is 30.4. The van der Waals surface area contributed by atoms with Gasteiger partial charge in [0.25, 0.3) is 0 Å². The van der Waals surface area contributed by atoms with Gasteiger partial charge in [0.15, 0.2) is 17.5 Å². The molecule has 56 heavy (non-hydrogen) atoms. The molecule has 0 saturated heterocycles. The molecule has 264 valence electrons. The molecule has 0 amide bonds. The lowest BCUT2D eigenvalue weighted by molar-refractivity contribution is 0.576. The van der Waals surface area contributed by atoms with Crippen LogP contribution in [-0.4, -0.2) is 15.0 Å². The summed E-state index contributed by atoms with van der Waals surface area (Å²) in [6.07, 6.45) is 7.48. The maximum Gasteiger partial charge on any atom is 0.164 e. The monoisotopic (exact) mass is 719 g/mol. The molecule has 0 saturated carbocycles. The summed E-state index contributed by atoms with van der Waals surface area (Å²) in [7, 11) is 0. The smallest absolute Gasteiger partial charge is 0.164 e. The Morgan fingerprint density at radius 2 is 1.12 bits per heavy atom. The van der Waals surface area contributed by atoms with Gasteiger partial charge in [-0.1, -0.05) is 121 Å². The highest BCUT2D eigenvalue weighted by atomic mass is 16.3. The number of hydrogen-bond acceptors (Lipinski definition) is 5. The normalized spacial score (nSPS) is 15.3. The van der Waals surface area contributed by atoms with Crippen LogP contribution in [0.15, 0.2) is 172 Å². The van der Waals surface area contributed by atoms with Gasteiger partial charge in [-0.05, 0) is 93.9 Å². The fourth-order valence-electron chi connectivity index (χ4n) is 9.07. The van der Waals surface area contributed by atoms with E-state index in [1.165, 1.54) is 27.5 Å². The van der Waals surface area contributed by atoms with Crippen molar-refractivity contribution in [1.82, 2.24) is 15.0 Å². The first-order valence-electron chi connectivity index (χ1n) is 19.3. The van der Waals surface area contributed by atoms with Crippen molar-refractivity contribution >= 4 is 60.0 Å². The van der Waals surface area contributed by atoms with E-state index in [4.69, 9.17) is 23.8 Å². The molecule has 5 heteroatoms. The molecule has 2 aliphatic carbocycles. The Kier molecular flexibility index (Phi) is 6.81. The van der Waals surface area contributed by atoms with Crippen molar-refractivity contribution in [3.8, 4) is 34.2 Å². The molecular weight excluding hydrogens is 687 g/mol. The fourth-order valence-corrected chi connectivity index (χ4v) is 9.07. The van der Waals surface area contributed by atoms with E-state index >= 15 is 0 Å². The van der Waals surface area contributed by atoms with Crippen molar-refractivity contribution < 1.29 is 8.83 Å². The molecule has 5 nitrogen and oxygen atoms in total. The Balaban J connectivity index is 1.13. The molecule has 10 aromatic rings. The lowest BCUT2D eigenvalue weighted by Crippen LogP contribution is -2.12. The van der Waals surface area contributed by atoms with Crippen molar-refractivity contribution in [3.05, 3.63) is 180 Å². The van der Waals surface area contributed by atoms with Gasteiger partial charge in [0, 0.05) is 44.3 Å². The highest BCUT2D eigenvalue weighted by Crippen LogP contribution is 2.51. The highest BCUT2D eigenvalue weighted by molar-refractivity contribution is 6.12. The topological polar surface area (TPSA) is 65.0 Å². The van der Waals surface area contributed by atoms with Gasteiger partial charge in [0.05, 0.1) is 0 Å². The number of benzene rings is 7. The van der Waals surface area contributed by atoms with Gasteiger partial charge in [-0.25, -0.2) is 15.0 Å². The number of aromatic nitrogens is 3. The van der Waals surface area contributed by atoms with Crippen LogP contribution in [0.5, 0.6) is 0 Å². The molecule has 2 aliphatic rings. The second-order valence-electron chi connectivity index (χ2n) is 15.0. The van der Waals surface area contributed by atoms with Crippen molar-refractivity contribution in [2.45, 2.75) is 25.2 Å². The average molecular weight is 720 g/mol. The number of allylic oxidation sites excluding steroid dienone is 4. The maximum atomic E-state index is 6.72. The first-order valence-corrected chi connectivity index (χ1v) is 19.3. The second-order valence-corrected chi connectivity index (χ2v) is 15.0. The minimum absolute atomic E-state index is 0.0354. The molecule has 3 aromatic heterocycles. The highest BCUT2D eigenvalue weighted by Gasteiger charge is 2.34. The Bertz CT molecular complexity index is 3210. The van der Waals surface area contributed by atoms with Crippen LogP contribution in [0.25, 0.3) is 94.2 Å². The van der Waals surface area contributed by atoms with E-state index in [-0.39, 0.29) is 5.92 Å². The SMILES string of the molecule is C1=CC2=C(CC1)c1oc3ccccc3c1C(c1cc(-c3nc(-c4ccc5ccccc5c4)nc(-c4ccc5ccccc5c4)n3)c3c(c1)oc1ccccc13)C2. The maximum absolute atomic E-state index is 6.72. The Hall–Kier alpha value is -7.11. The molecule has 0 spiro atoms. The largest absolute Gasteiger partial charge is 0.456 e. The van der Waals surface area contributed by atoms with Crippen LogP contribution in [0, 0.1) is 0 Å². The van der Waals surface area contributed by atoms with E-state index in [2.05, 4.69) is 146 Å². The summed E-state index contributed by atoms with van der Waals surface area (Å²) in [4.78, 5) is 15.9. The quantitative estimate of drug-likeness (QED) is 0.181. The predicted octanol–water partition coefficient (Wildman–Crippen LogP) is 13.5. The predicted molar refractivity (Wildman–Crippen MR) is 226 cm³/mol. The molecule has 0 N–H and O–H groups in total. The van der Waals surface area contributed by atoms with Gasteiger partial charge < -0.3 is 8.83 Å². The number of rotatable bonds is 4. The number of fused-ring (bicyclic) bond motifs is 9. The Morgan fingerprint density at radius 1 is 0.518 bits per heavy atom. The molecule has 1 unspecified atom stereocenters. The third-order valence-electron chi connectivity index (χ3n) is 11.7. The third-order valence-corrected chi connectivity index (χ3v) is 11.7. The summed E-state index contributed by atoms with van der Waals surface area (Å²) in [6.45, 7) is 0. The second kappa shape index (κ2) is 12.2. The Labute approximate surface area is 322 Å². The van der Waals surface area contributed by atoms with Crippen LogP contribution in [0.2, 0.25) is 0 Å². The van der Waals surface area contributed by atoms with E-state index in [1.54, 1.807) is 0 Å². The van der Waals surface area contributed by atoms with Crippen LogP contribution < -0.4 is 0 Å². The standard InChI is InChI=1S/C51H33N3O2/c1-3-13-32-25-35(23-21-30(32)11-1)49-52-50(36-24-22-31-12-2-4-14-33(31)26-36)54-51(53-49)42-28-37(29-45-46(42)39-17-7-9-19-43(39)55-45)41-27-34-15-5-6-16-38(34)48-47(41)40-18-8-10-20-44(40)56-48/h1-5,7-15,17-26,28-29,41H,6,16,27H2. The van der Waals surface area contributed by atoms with Gasteiger partial charge in [-0.3, -0.25) is 0 Å². The zero-order valence-electron chi connectivity index (χ0n) is 30.4. The van der Waals surface area contributed by atoms with Gasteiger partial charge in [0.1, 0.15) is 22.5 Å². The van der Waals surface area contributed by atoms with E-state index in [1.807, 2.05) is 12.1 Å². The van der Waals surface area contributed by atoms with Gasteiger partial charge in [-0.2, -0.15) is 0 Å². The summed E-state index contributed by atoms with van der Waals surface area (Å²) >= 11 is 0. The first kappa shape index (κ1) is 31.3. The van der Waals surface area contributed by atoms with Gasteiger partial charge in [-0.15, -0.1) is 0 Å². The minimum Gasteiger partial charge on any atom is -0.456 e. The molecule has 12 rings (SSSR count). The fraction of sp³-hybridized carbons (Fsp3) is 0.0784. The van der Waals surface area contributed by atoms with Crippen LogP contribution in [0.4, 0.5) is 0 Å². The van der Waals surface area contributed by atoms with E-state index < -0.39 is 0 Å². The molecule has 0 radical (unpaired) electrons. The summed E-state index contributed by atoms with van der Waals surface area (Å²) in [5.74, 6) is 2.91. The minimum atomic E-state index is 0.0354. The molecule has 0 bridgehead atoms. The van der Waals surface area contributed by atoms with Crippen LogP contribution in [0.1, 0.15) is 42.1 Å². The van der Waals surface area contributed by atoms with E-state index in [0.29, 0.717) is 17.5 Å². The van der Waals surface area contributed by atoms with Gasteiger partial charge >= 0.3 is 0 Å². The van der Waals surface area contributed by atoms with Crippen LogP contribution >= 0.6 is 0 Å². The lowest BCUT2D eigenvalue weighted by Gasteiger charge is -2.28. The third kappa shape index (κ3) is 4.90. The number of nitrogens with zero attached hydrogens (tertiary/aromatic N) is 3. The van der Waals surface area contributed by atoms with Crippen LogP contribution in [0.3, 0.4) is 0 Å². The van der Waals surface area contributed by atoms with Crippen molar-refractivity contribution in [2.75, 3.05) is 0 Å². The molecule has 0 fully saturated rings. The van der Waals surface area contributed by atoms with Crippen molar-refractivity contribution in [3.63, 3.8) is 0 Å². The summed E-state index contributed by atoms with van der Waals surface area (Å²) < 4.78 is 13.4. The molecule has 3 heterocycles. The van der Waals surface area contributed by atoms with Crippen molar-refractivity contribution in [2.24, 2.45) is 0 Å². The molecule has 0 aliphatic heterocycles.